The molecular formula is C13H16N2O3. The number of amides is 1. The number of ketones is 2. The van der Waals surface area contributed by atoms with Gasteiger partial charge in [0.1, 0.15) is 5.78 Å². The van der Waals surface area contributed by atoms with Crippen LogP contribution in [0.1, 0.15) is 23.7 Å². The molecule has 1 aromatic carbocycles. The molecule has 0 spiro atoms. The number of Topliss-reactive ketones (excluding diaryl/α,β-unsaturated/α-hetero) is 2. The summed E-state index contributed by atoms with van der Waals surface area (Å²) in [6.45, 7) is 1.43. The number of carbonyl (C=O) groups excluding carboxylic acids is 3. The molecule has 0 aliphatic heterocycles. The zero-order valence-electron chi connectivity index (χ0n) is 10.4. The Morgan fingerprint density at radius 1 is 1.33 bits per heavy atom. The van der Waals surface area contributed by atoms with Gasteiger partial charge in [-0.3, -0.25) is 14.4 Å². The van der Waals surface area contributed by atoms with Crippen LogP contribution in [0, 0.1) is 0 Å². The van der Waals surface area contributed by atoms with E-state index in [1.54, 1.807) is 31.3 Å². The molecule has 0 aromatic heterocycles. The molecule has 0 bridgehead atoms. The van der Waals surface area contributed by atoms with Gasteiger partial charge in [-0.1, -0.05) is 12.1 Å². The second-order valence-corrected chi connectivity index (χ2v) is 3.89. The first kappa shape index (κ1) is 14.1. The van der Waals surface area contributed by atoms with Crippen molar-refractivity contribution in [1.82, 2.24) is 5.32 Å². The highest BCUT2D eigenvalue weighted by Crippen LogP contribution is 2.17. The molecule has 5 heteroatoms. The smallest absolute Gasteiger partial charge is 0.211 e. The van der Waals surface area contributed by atoms with Crippen LogP contribution in [0.4, 0.5) is 5.69 Å². The van der Waals surface area contributed by atoms with Gasteiger partial charge in [-0.2, -0.15) is 0 Å². The molecule has 0 aliphatic carbocycles. The van der Waals surface area contributed by atoms with Crippen molar-refractivity contribution >= 4 is 23.7 Å². The Morgan fingerprint density at radius 3 is 2.56 bits per heavy atom. The normalized spacial score (nSPS) is 11.7. The number of rotatable bonds is 7. The summed E-state index contributed by atoms with van der Waals surface area (Å²) in [6.07, 6.45) is 0.593. The number of hydrogen-bond acceptors (Lipinski definition) is 4. The Kier molecular flexibility index (Phi) is 5.20. The van der Waals surface area contributed by atoms with Gasteiger partial charge in [0.25, 0.3) is 0 Å². The van der Waals surface area contributed by atoms with Gasteiger partial charge < -0.3 is 10.6 Å². The lowest BCUT2D eigenvalue weighted by Crippen LogP contribution is -2.34. The first-order valence-electron chi connectivity index (χ1n) is 5.60. The number of carbonyl (C=O) groups is 3. The Balaban J connectivity index is 2.89. The topological polar surface area (TPSA) is 75.3 Å². The average molecular weight is 248 g/mol. The van der Waals surface area contributed by atoms with Crippen LogP contribution in [0.15, 0.2) is 24.3 Å². The van der Waals surface area contributed by atoms with Crippen molar-refractivity contribution in [3.8, 4) is 0 Å². The van der Waals surface area contributed by atoms with Crippen LogP contribution in [0.2, 0.25) is 0 Å². The molecule has 1 unspecified atom stereocenters. The SMILES string of the molecule is CNC(CC(=O)c1ccccc1NC=O)C(C)=O. The lowest BCUT2D eigenvalue weighted by molar-refractivity contribution is -0.118. The van der Waals surface area contributed by atoms with Crippen LogP contribution in [-0.4, -0.2) is 31.1 Å². The minimum absolute atomic E-state index is 0.0728. The lowest BCUT2D eigenvalue weighted by Gasteiger charge is -2.13. The van der Waals surface area contributed by atoms with E-state index in [-0.39, 0.29) is 18.0 Å². The Morgan fingerprint density at radius 2 is 2.00 bits per heavy atom. The minimum Gasteiger partial charge on any atom is -0.328 e. The highest BCUT2D eigenvalue weighted by atomic mass is 16.1. The van der Waals surface area contributed by atoms with Crippen molar-refractivity contribution in [2.24, 2.45) is 0 Å². The third kappa shape index (κ3) is 3.49. The maximum Gasteiger partial charge on any atom is 0.211 e. The molecule has 0 radical (unpaired) electrons. The van der Waals surface area contributed by atoms with Crippen LogP contribution < -0.4 is 10.6 Å². The first-order valence-corrected chi connectivity index (χ1v) is 5.60. The van der Waals surface area contributed by atoms with Gasteiger partial charge in [-0.15, -0.1) is 0 Å². The number of anilines is 1. The van der Waals surface area contributed by atoms with Crippen LogP contribution in [0.25, 0.3) is 0 Å². The van der Waals surface area contributed by atoms with Gasteiger partial charge in [-0.25, -0.2) is 0 Å². The fraction of sp³-hybridized carbons (Fsp3) is 0.308. The summed E-state index contributed by atoms with van der Waals surface area (Å²) < 4.78 is 0. The highest BCUT2D eigenvalue weighted by molar-refractivity contribution is 6.04. The molecule has 5 nitrogen and oxygen atoms in total. The Hall–Kier alpha value is -2.01. The lowest BCUT2D eigenvalue weighted by atomic mass is 10.00. The first-order chi connectivity index (χ1) is 8.60. The van der Waals surface area contributed by atoms with Crippen molar-refractivity contribution in [2.75, 3.05) is 12.4 Å². The summed E-state index contributed by atoms with van der Waals surface area (Å²) in [6, 6.07) is 6.21. The van der Waals surface area contributed by atoms with E-state index in [1.165, 1.54) is 6.92 Å². The van der Waals surface area contributed by atoms with Gasteiger partial charge in [0, 0.05) is 12.0 Å². The van der Waals surface area contributed by atoms with Crippen LogP contribution in [0.3, 0.4) is 0 Å². The summed E-state index contributed by atoms with van der Waals surface area (Å²) in [7, 11) is 1.63. The van der Waals surface area contributed by atoms with Crippen molar-refractivity contribution < 1.29 is 14.4 Å². The highest BCUT2D eigenvalue weighted by Gasteiger charge is 2.19. The predicted octanol–water partition coefficient (Wildman–Crippen LogP) is 1.00. The summed E-state index contributed by atoms with van der Waals surface area (Å²) in [4.78, 5) is 33.8. The summed E-state index contributed by atoms with van der Waals surface area (Å²) in [5.41, 5.74) is 0.863. The zero-order valence-corrected chi connectivity index (χ0v) is 10.4. The van der Waals surface area contributed by atoms with Crippen LogP contribution in [0.5, 0.6) is 0 Å². The number of nitrogens with one attached hydrogen (secondary N) is 2. The molecule has 96 valence electrons. The molecule has 0 saturated heterocycles. The summed E-state index contributed by atoms with van der Waals surface area (Å²) in [5, 5.41) is 5.26. The number of para-hydroxylation sites is 1. The van der Waals surface area contributed by atoms with Crippen LogP contribution in [-0.2, 0) is 9.59 Å². The van der Waals surface area contributed by atoms with E-state index in [9.17, 15) is 14.4 Å². The molecule has 1 rings (SSSR count). The molecular weight excluding hydrogens is 232 g/mol. The average Bonchev–Trinajstić information content (AvgIpc) is 2.36. The monoisotopic (exact) mass is 248 g/mol. The van der Waals surface area contributed by atoms with E-state index in [4.69, 9.17) is 0 Å². The maximum atomic E-state index is 12.1. The second-order valence-electron chi connectivity index (χ2n) is 3.89. The molecule has 1 aromatic rings. The van der Waals surface area contributed by atoms with Gasteiger partial charge in [0.2, 0.25) is 6.41 Å². The van der Waals surface area contributed by atoms with E-state index < -0.39 is 6.04 Å². The zero-order chi connectivity index (χ0) is 13.5. The van der Waals surface area contributed by atoms with Crippen molar-refractivity contribution in [2.45, 2.75) is 19.4 Å². The molecule has 0 fully saturated rings. The quantitative estimate of drug-likeness (QED) is 0.557. The minimum atomic E-state index is -0.498. The standard InChI is InChI=1S/C13H16N2O3/c1-9(17)12(14-2)7-13(18)10-5-3-4-6-11(10)15-8-16/h3-6,8,12,14H,7H2,1-2H3,(H,15,16). The largest absolute Gasteiger partial charge is 0.328 e. The summed E-state index contributed by atoms with van der Waals surface area (Å²) in [5.74, 6) is -0.277. The molecule has 2 N–H and O–H groups in total. The fourth-order valence-electron chi connectivity index (χ4n) is 1.66. The number of likely N-dealkylation sites (N-methyl/N-ethyl adjacent to an activating group) is 1. The van der Waals surface area contributed by atoms with Crippen molar-refractivity contribution in [3.05, 3.63) is 29.8 Å². The third-order valence-electron chi connectivity index (χ3n) is 2.67. The Bertz CT molecular complexity index is 457. The maximum absolute atomic E-state index is 12.1. The molecule has 1 atom stereocenters. The van der Waals surface area contributed by atoms with Gasteiger partial charge in [0.15, 0.2) is 5.78 Å². The van der Waals surface area contributed by atoms with Crippen LogP contribution >= 0.6 is 0 Å². The number of hydrogen-bond donors (Lipinski definition) is 2. The third-order valence-corrected chi connectivity index (χ3v) is 2.67. The van der Waals surface area contributed by atoms with Gasteiger partial charge >= 0.3 is 0 Å². The Labute approximate surface area is 106 Å². The fourth-order valence-corrected chi connectivity index (χ4v) is 1.66. The van der Waals surface area contributed by atoms with Gasteiger partial charge in [0.05, 0.1) is 11.7 Å². The van der Waals surface area contributed by atoms with E-state index in [0.717, 1.165) is 0 Å². The van der Waals surface area contributed by atoms with E-state index in [1.807, 2.05) is 0 Å². The molecule has 0 aliphatic rings. The van der Waals surface area contributed by atoms with Crippen molar-refractivity contribution in [3.63, 3.8) is 0 Å². The molecule has 18 heavy (non-hydrogen) atoms. The number of benzene rings is 1. The molecule has 0 saturated carbocycles. The van der Waals surface area contributed by atoms with E-state index in [0.29, 0.717) is 17.7 Å². The van der Waals surface area contributed by atoms with E-state index >= 15 is 0 Å². The summed E-state index contributed by atoms with van der Waals surface area (Å²) >= 11 is 0. The molecule has 1 amide bonds. The van der Waals surface area contributed by atoms with Gasteiger partial charge in [-0.05, 0) is 26.1 Å². The van der Waals surface area contributed by atoms with Crippen molar-refractivity contribution in [1.29, 1.82) is 0 Å². The van der Waals surface area contributed by atoms with E-state index in [2.05, 4.69) is 10.6 Å². The predicted molar refractivity (Wildman–Crippen MR) is 68.6 cm³/mol. The molecule has 0 heterocycles. The second kappa shape index (κ2) is 6.66.